The predicted octanol–water partition coefficient (Wildman–Crippen LogP) is 32.5. The molecule has 10 aromatic rings. The van der Waals surface area contributed by atoms with E-state index in [-0.39, 0.29) is 34.5 Å². The summed E-state index contributed by atoms with van der Waals surface area (Å²) >= 11 is 0. The highest BCUT2D eigenvalue weighted by Gasteiger charge is 2.26. The fraction of sp³-hybridized carbons (Fsp3) is 0.483. The van der Waals surface area contributed by atoms with Gasteiger partial charge in [-0.05, 0) is 285 Å². The van der Waals surface area contributed by atoms with E-state index in [9.17, 15) is 30.6 Å². The molecule has 0 spiro atoms. The fourth-order valence-corrected chi connectivity index (χ4v) is 15.7. The summed E-state index contributed by atoms with van der Waals surface area (Å²) in [6.45, 7) is 58.0. The summed E-state index contributed by atoms with van der Waals surface area (Å²) in [7, 11) is 4.66. The highest BCUT2D eigenvalue weighted by Crippen LogP contribution is 2.49. The molecule has 0 bridgehead atoms. The van der Waals surface area contributed by atoms with Crippen molar-refractivity contribution in [3.8, 4) is 107 Å². The van der Waals surface area contributed by atoms with Crippen LogP contribution in [0, 0.1) is 66.1 Å². The van der Waals surface area contributed by atoms with E-state index >= 15 is 0 Å². The van der Waals surface area contributed by atoms with Crippen LogP contribution in [-0.2, 0) is 44.9 Å². The molecule has 10 aromatic carbocycles. The van der Waals surface area contributed by atoms with Crippen LogP contribution in [0.4, 0.5) is 0 Å². The van der Waals surface area contributed by atoms with Gasteiger partial charge in [-0.15, -0.1) is 0 Å². The standard InChI is InChI=1S/C25H36O3.C24H34O4.C23H32.C22H30O2.C22H30/c1-9-18-10-19(16(6)14(2)3)11-21(24(18)26)22-12-20(17(7)15(4)5)13-23(28-8)25(22)27;1-7-15(3)9-17-11-19(23(25)21(13-17)27-5)20-12-18(10-16(4)8-2)14-22(28-6)24(20)26;1-15(2)18(6)20-9-8-10-21(13-20)23-12-17(5)11-22(14-23)19(7)16(3)4;1-5-15(3)11-17-7-9-21(23)19(13-17)20-14-18(8-10-22(20)24)12-16(4)6-2;1-5-17(3)13-19-9-7-11-21(15-19)22-12-8-10-20(16-22)14-18(4)6-2/h10-17,26-27H,9H2,1-8H3;11-16,25-26H,7-10H2,1-6H3;8-16,18-19H,1-7H3;7-10,13-16,23-24H,5-6,11-12H2,1-4H3;7-12,15-18H,5-6,13-14H2,1-4H3. The first-order valence-electron chi connectivity index (χ1n) is 47.4. The molecule has 0 aromatic heterocycles. The number of ether oxygens (including phenoxy) is 3. The smallest absolute Gasteiger partial charge is 0.165 e. The maximum Gasteiger partial charge on any atom is 0.165 e. The lowest BCUT2D eigenvalue weighted by Crippen LogP contribution is -2.05. The molecule has 0 fully saturated rings. The Labute approximate surface area is 758 Å². The maximum atomic E-state index is 11.0. The van der Waals surface area contributed by atoms with Crippen molar-refractivity contribution in [3.05, 3.63) is 243 Å². The first-order valence-corrected chi connectivity index (χ1v) is 47.4. The number of methoxy groups -OCH3 is 3. The summed E-state index contributed by atoms with van der Waals surface area (Å²) in [4.78, 5) is 0. The van der Waals surface area contributed by atoms with Crippen LogP contribution in [0.15, 0.2) is 176 Å². The van der Waals surface area contributed by atoms with Gasteiger partial charge in [0.2, 0.25) is 0 Å². The number of hydrogen-bond donors (Lipinski definition) is 6. The Bertz CT molecular complexity index is 4710. The molecule has 10 unspecified atom stereocenters. The Hall–Kier alpha value is -9.60. The van der Waals surface area contributed by atoms with E-state index < -0.39 is 0 Å². The van der Waals surface area contributed by atoms with Crippen LogP contribution < -0.4 is 14.2 Å². The zero-order valence-corrected chi connectivity index (χ0v) is 82.4. The molecule has 680 valence electrons. The summed E-state index contributed by atoms with van der Waals surface area (Å²) in [5.41, 5.74) is 24.2. The van der Waals surface area contributed by atoms with Gasteiger partial charge in [-0.2, -0.15) is 0 Å². The predicted molar refractivity (Wildman–Crippen MR) is 535 cm³/mol. The lowest BCUT2D eigenvalue weighted by molar-refractivity contribution is 0.370. The van der Waals surface area contributed by atoms with Gasteiger partial charge in [-0.25, -0.2) is 0 Å². The number of benzene rings is 10. The summed E-state index contributed by atoms with van der Waals surface area (Å²) in [6, 6.07) is 61.4. The lowest BCUT2D eigenvalue weighted by Gasteiger charge is -2.22. The molecule has 0 aliphatic rings. The number of aromatic hydroxyl groups is 6. The maximum absolute atomic E-state index is 11.0. The molecule has 0 heterocycles. The summed E-state index contributed by atoms with van der Waals surface area (Å²) in [5.74, 6) is 9.97. The molecule has 0 saturated carbocycles. The normalized spacial score (nSPS) is 13.7. The van der Waals surface area contributed by atoms with E-state index in [1.54, 1.807) is 33.5 Å². The highest BCUT2D eigenvalue weighted by molar-refractivity contribution is 5.83. The molecule has 0 radical (unpaired) electrons. The third kappa shape index (κ3) is 30.3. The quantitative estimate of drug-likeness (QED) is 0.0228. The Balaban J connectivity index is 0.000000242. The van der Waals surface area contributed by atoms with Crippen molar-refractivity contribution in [3.63, 3.8) is 0 Å². The minimum atomic E-state index is 0.0356. The van der Waals surface area contributed by atoms with Crippen molar-refractivity contribution in [2.75, 3.05) is 21.3 Å². The topological polar surface area (TPSA) is 149 Å². The van der Waals surface area contributed by atoms with Crippen LogP contribution in [-0.4, -0.2) is 52.0 Å². The third-order valence-electron chi connectivity index (χ3n) is 26.9. The van der Waals surface area contributed by atoms with E-state index in [4.69, 9.17) is 14.2 Å². The lowest BCUT2D eigenvalue weighted by atomic mass is 9.84. The zero-order chi connectivity index (χ0) is 92.8. The van der Waals surface area contributed by atoms with Gasteiger partial charge in [0.15, 0.2) is 34.5 Å². The van der Waals surface area contributed by atoms with Crippen molar-refractivity contribution >= 4 is 0 Å². The Morgan fingerprint density at radius 3 is 0.888 bits per heavy atom. The van der Waals surface area contributed by atoms with Gasteiger partial charge in [0.25, 0.3) is 0 Å². The Kier molecular flexibility index (Phi) is 42.2. The number of aryl methyl sites for hydroxylation is 2. The molecule has 0 saturated heterocycles. The van der Waals surface area contributed by atoms with Crippen molar-refractivity contribution in [2.24, 2.45) is 59.2 Å². The molecule has 9 heteroatoms. The van der Waals surface area contributed by atoms with E-state index in [0.29, 0.717) is 111 Å². The highest BCUT2D eigenvalue weighted by atomic mass is 16.5. The van der Waals surface area contributed by atoms with Gasteiger partial charge in [0.1, 0.15) is 17.2 Å². The number of phenolic OH excluding ortho intramolecular Hbond substituents is 6. The molecular weight excluding hydrogens is 1540 g/mol. The molecule has 9 nitrogen and oxygen atoms in total. The second kappa shape index (κ2) is 50.7. The number of phenols is 6. The van der Waals surface area contributed by atoms with Crippen LogP contribution in [0.25, 0.3) is 55.6 Å². The van der Waals surface area contributed by atoms with E-state index in [0.717, 1.165) is 103 Å². The van der Waals surface area contributed by atoms with Gasteiger partial charge >= 0.3 is 0 Å². The van der Waals surface area contributed by atoms with Gasteiger partial charge < -0.3 is 44.8 Å². The molecule has 125 heavy (non-hydrogen) atoms. The van der Waals surface area contributed by atoms with Crippen molar-refractivity contribution in [1.82, 2.24) is 0 Å². The Morgan fingerprint density at radius 1 is 0.248 bits per heavy atom. The van der Waals surface area contributed by atoms with Crippen LogP contribution in [0.1, 0.15) is 302 Å². The SMILES string of the molecule is CCC(C)Cc1cc(OC)c(O)c(-c2cc(CC(C)CC)cc(OC)c2O)c1.CCC(C)Cc1ccc(O)c(-c2cc(CC(C)CC)ccc2O)c1.CCC(C)Cc1cccc(-c2cccc(CC(C)CC)c2)c1.CCc1cc(C(C)C(C)C)cc(-c2cc(C(C)C(C)C)cc(OC)c2O)c1O.Cc1cc(-c2cccc(C(C)C(C)C)c2)cc(C(C)C(C)C)c1. The van der Waals surface area contributed by atoms with Gasteiger partial charge in [-0.3, -0.25) is 0 Å². The van der Waals surface area contributed by atoms with Gasteiger partial charge in [0.05, 0.1) is 21.3 Å². The van der Waals surface area contributed by atoms with E-state index in [2.05, 4.69) is 270 Å². The van der Waals surface area contributed by atoms with Crippen LogP contribution in [0.3, 0.4) is 0 Å². The van der Waals surface area contributed by atoms with E-state index in [1.807, 2.05) is 73.7 Å². The second-order valence-corrected chi connectivity index (χ2v) is 38.2. The zero-order valence-electron chi connectivity index (χ0n) is 82.4. The van der Waals surface area contributed by atoms with Crippen molar-refractivity contribution < 1.29 is 44.8 Å². The first-order chi connectivity index (χ1) is 59.3. The second-order valence-electron chi connectivity index (χ2n) is 38.2. The minimum absolute atomic E-state index is 0.0356. The first kappa shape index (κ1) is 104. The average molecular weight is 1700 g/mol. The average Bonchev–Trinajstić information content (AvgIpc) is 0.779. The molecule has 0 aliphatic heterocycles. The van der Waals surface area contributed by atoms with Crippen molar-refractivity contribution in [1.29, 1.82) is 0 Å². The molecule has 10 rings (SSSR count). The van der Waals surface area contributed by atoms with Crippen LogP contribution in [0.5, 0.6) is 51.7 Å². The fourth-order valence-electron chi connectivity index (χ4n) is 15.7. The van der Waals surface area contributed by atoms with E-state index in [1.165, 1.54) is 92.4 Å². The molecule has 10 atom stereocenters. The molecule has 6 N–H and O–H groups in total. The number of rotatable bonds is 35. The monoisotopic (exact) mass is 1700 g/mol. The van der Waals surface area contributed by atoms with Crippen molar-refractivity contribution in [2.45, 2.75) is 287 Å². The molecule has 0 aliphatic carbocycles. The largest absolute Gasteiger partial charge is 0.507 e. The molecular formula is C116H162O9. The third-order valence-corrected chi connectivity index (χ3v) is 26.9. The van der Waals surface area contributed by atoms with Gasteiger partial charge in [0, 0.05) is 33.4 Å². The summed E-state index contributed by atoms with van der Waals surface area (Å²) in [5, 5.41) is 64.0. The summed E-state index contributed by atoms with van der Waals surface area (Å²) in [6.07, 6.45) is 13.7. The van der Waals surface area contributed by atoms with Gasteiger partial charge in [-0.1, -0.05) is 326 Å². The summed E-state index contributed by atoms with van der Waals surface area (Å²) < 4.78 is 16.3. The molecule has 0 amide bonds. The van der Waals surface area contributed by atoms with Crippen LogP contribution in [0.2, 0.25) is 0 Å². The minimum Gasteiger partial charge on any atom is -0.507 e. The Morgan fingerprint density at radius 2 is 0.536 bits per heavy atom. The van der Waals surface area contributed by atoms with Crippen LogP contribution >= 0.6 is 0 Å². The number of hydrogen-bond acceptors (Lipinski definition) is 9.